The van der Waals surface area contributed by atoms with Gasteiger partial charge in [0.25, 0.3) is 5.56 Å². The number of aryl methyl sites for hydroxylation is 1. The minimum absolute atomic E-state index is 0.0143. The summed E-state index contributed by atoms with van der Waals surface area (Å²) >= 11 is 2.32. The van der Waals surface area contributed by atoms with Gasteiger partial charge in [0.05, 0.1) is 5.52 Å². The fraction of sp³-hybridized carbons (Fsp3) is 0.150. The Balaban J connectivity index is 2.03. The van der Waals surface area contributed by atoms with Gasteiger partial charge in [-0.05, 0) is 53.3 Å². The first-order chi connectivity index (χ1) is 11.6. The number of aromatic nitrogens is 1. The van der Waals surface area contributed by atoms with Crippen molar-refractivity contribution in [3.05, 3.63) is 86.2 Å². The summed E-state index contributed by atoms with van der Waals surface area (Å²) in [6, 6.07) is 15.5. The minimum atomic E-state index is -0.0143. The van der Waals surface area contributed by atoms with Crippen molar-refractivity contribution in [2.45, 2.75) is 13.0 Å². The molecular formula is C20H18INO2. The average Bonchev–Trinajstić information content (AvgIpc) is 2.59. The van der Waals surface area contributed by atoms with Gasteiger partial charge in [0.15, 0.2) is 0 Å². The fourth-order valence-corrected chi connectivity index (χ4v) is 3.30. The Kier molecular flexibility index (Phi) is 5.04. The smallest absolute Gasteiger partial charge is 0.250 e. The van der Waals surface area contributed by atoms with Crippen LogP contribution in [0.4, 0.5) is 0 Å². The molecule has 3 rings (SSSR count). The van der Waals surface area contributed by atoms with Crippen LogP contribution in [0, 0.1) is 3.57 Å². The summed E-state index contributed by atoms with van der Waals surface area (Å²) in [6.45, 7) is 4.37. The molecule has 24 heavy (non-hydrogen) atoms. The number of pyridine rings is 1. The molecule has 0 saturated heterocycles. The molecule has 0 fully saturated rings. The van der Waals surface area contributed by atoms with Gasteiger partial charge >= 0.3 is 0 Å². The lowest BCUT2D eigenvalue weighted by molar-refractivity contribution is 0.303. The molecule has 0 amide bonds. The molecule has 0 N–H and O–H groups in total. The number of fused-ring (bicyclic) bond motifs is 1. The number of hydrogen-bond acceptors (Lipinski definition) is 2. The van der Waals surface area contributed by atoms with Crippen molar-refractivity contribution in [3.8, 4) is 5.75 Å². The second-order valence-corrected chi connectivity index (χ2v) is 6.74. The number of benzene rings is 2. The maximum Gasteiger partial charge on any atom is 0.250 e. The number of nitrogens with zero attached hydrogens (tertiary/aromatic N) is 1. The molecule has 0 radical (unpaired) electrons. The highest BCUT2D eigenvalue weighted by atomic mass is 127. The Hall–Kier alpha value is -2.08. The lowest BCUT2D eigenvalue weighted by Crippen LogP contribution is -2.15. The van der Waals surface area contributed by atoms with E-state index in [9.17, 15) is 4.79 Å². The van der Waals surface area contributed by atoms with Gasteiger partial charge < -0.3 is 9.30 Å². The van der Waals surface area contributed by atoms with Crippen molar-refractivity contribution in [1.29, 1.82) is 0 Å². The quantitative estimate of drug-likeness (QED) is 0.442. The van der Waals surface area contributed by atoms with Crippen molar-refractivity contribution < 1.29 is 4.74 Å². The minimum Gasteiger partial charge on any atom is -0.489 e. The van der Waals surface area contributed by atoms with Gasteiger partial charge in [-0.2, -0.15) is 0 Å². The van der Waals surface area contributed by atoms with E-state index in [2.05, 4.69) is 41.3 Å². The molecule has 0 aliphatic rings. The van der Waals surface area contributed by atoms with Crippen LogP contribution in [0.5, 0.6) is 5.75 Å². The summed E-state index contributed by atoms with van der Waals surface area (Å²) in [4.78, 5) is 11.8. The summed E-state index contributed by atoms with van der Waals surface area (Å²) in [6.07, 6.45) is 2.55. The zero-order valence-electron chi connectivity index (χ0n) is 13.5. The van der Waals surface area contributed by atoms with Gasteiger partial charge in [-0.15, -0.1) is 6.58 Å². The molecule has 0 unspecified atom stereocenters. The molecule has 0 bridgehead atoms. The van der Waals surface area contributed by atoms with E-state index >= 15 is 0 Å². The molecule has 0 aliphatic carbocycles. The zero-order valence-corrected chi connectivity index (χ0v) is 15.6. The maximum atomic E-state index is 11.8. The summed E-state index contributed by atoms with van der Waals surface area (Å²) in [5, 5.41) is 1.03. The lowest BCUT2D eigenvalue weighted by atomic mass is 10.0. The van der Waals surface area contributed by atoms with E-state index in [1.807, 2.05) is 36.4 Å². The highest BCUT2D eigenvalue weighted by molar-refractivity contribution is 14.1. The Morgan fingerprint density at radius 1 is 1.17 bits per heavy atom. The highest BCUT2D eigenvalue weighted by Crippen LogP contribution is 2.29. The normalized spacial score (nSPS) is 10.8. The molecule has 3 nitrogen and oxygen atoms in total. The van der Waals surface area contributed by atoms with E-state index in [-0.39, 0.29) is 5.56 Å². The molecule has 4 heteroatoms. The molecule has 2 aromatic carbocycles. The topological polar surface area (TPSA) is 31.2 Å². The second kappa shape index (κ2) is 7.21. The Morgan fingerprint density at radius 3 is 2.71 bits per heavy atom. The summed E-state index contributed by atoms with van der Waals surface area (Å²) < 4.78 is 8.94. The molecule has 3 aromatic rings. The van der Waals surface area contributed by atoms with Crippen molar-refractivity contribution in [1.82, 2.24) is 4.57 Å². The van der Waals surface area contributed by atoms with Crippen LogP contribution >= 0.6 is 22.6 Å². The molecule has 0 spiro atoms. The van der Waals surface area contributed by atoms with Crippen molar-refractivity contribution >= 4 is 33.5 Å². The number of hydrogen-bond donors (Lipinski definition) is 0. The van der Waals surface area contributed by atoms with Crippen LogP contribution in [0.3, 0.4) is 0 Å². The number of ether oxygens (including phenoxy) is 1. The molecule has 1 heterocycles. The predicted octanol–water partition coefficient (Wildman–Crippen LogP) is 4.45. The standard InChI is InChI=1S/C20H18INO2/c1-3-6-16-15-9-12-20(23)22(2)18(15)10-11-19(16)24-13-14-7-4-5-8-17(14)21/h3-5,7-12H,1,6,13H2,2H3. The van der Waals surface area contributed by atoms with Crippen LogP contribution in [0.25, 0.3) is 10.9 Å². The first-order valence-corrected chi connectivity index (χ1v) is 8.78. The van der Waals surface area contributed by atoms with E-state index < -0.39 is 0 Å². The monoisotopic (exact) mass is 431 g/mol. The largest absolute Gasteiger partial charge is 0.489 e. The van der Waals surface area contributed by atoms with E-state index in [0.29, 0.717) is 13.0 Å². The van der Waals surface area contributed by atoms with Crippen LogP contribution in [-0.2, 0) is 20.1 Å². The Bertz CT molecular complexity index is 960. The molecule has 0 atom stereocenters. The molecule has 0 saturated carbocycles. The van der Waals surface area contributed by atoms with Gasteiger partial charge in [0.2, 0.25) is 0 Å². The van der Waals surface area contributed by atoms with E-state index in [0.717, 1.165) is 27.8 Å². The maximum absolute atomic E-state index is 11.8. The first kappa shape index (κ1) is 16.8. The lowest BCUT2D eigenvalue weighted by Gasteiger charge is -2.15. The molecule has 122 valence electrons. The molecule has 1 aromatic heterocycles. The van der Waals surface area contributed by atoms with Gasteiger partial charge in [0, 0.05) is 33.2 Å². The summed E-state index contributed by atoms with van der Waals surface area (Å²) in [7, 11) is 1.79. The van der Waals surface area contributed by atoms with E-state index in [1.165, 1.54) is 3.57 Å². The molecule has 0 aliphatic heterocycles. The van der Waals surface area contributed by atoms with Gasteiger partial charge in [-0.3, -0.25) is 4.79 Å². The summed E-state index contributed by atoms with van der Waals surface area (Å²) in [5.74, 6) is 0.834. The predicted molar refractivity (Wildman–Crippen MR) is 107 cm³/mol. The summed E-state index contributed by atoms with van der Waals surface area (Å²) in [5.41, 5.74) is 3.10. The highest BCUT2D eigenvalue weighted by Gasteiger charge is 2.11. The van der Waals surface area contributed by atoms with Crippen LogP contribution in [0.15, 0.2) is 66.0 Å². The van der Waals surface area contributed by atoms with Gasteiger partial charge in [-0.25, -0.2) is 0 Å². The van der Waals surface area contributed by atoms with Crippen LogP contribution in [0.1, 0.15) is 11.1 Å². The fourth-order valence-electron chi connectivity index (χ4n) is 2.76. The first-order valence-electron chi connectivity index (χ1n) is 7.70. The number of halogens is 1. The van der Waals surface area contributed by atoms with Crippen LogP contribution in [0.2, 0.25) is 0 Å². The Morgan fingerprint density at radius 2 is 1.96 bits per heavy atom. The van der Waals surface area contributed by atoms with Crippen molar-refractivity contribution in [2.75, 3.05) is 0 Å². The van der Waals surface area contributed by atoms with Crippen molar-refractivity contribution in [3.63, 3.8) is 0 Å². The third kappa shape index (κ3) is 3.24. The van der Waals surface area contributed by atoms with Gasteiger partial charge in [0.1, 0.15) is 12.4 Å². The number of allylic oxidation sites excluding steroid dienone is 1. The van der Waals surface area contributed by atoms with Gasteiger partial charge in [-0.1, -0.05) is 24.3 Å². The molecular weight excluding hydrogens is 413 g/mol. The number of rotatable bonds is 5. The Labute approximate surface area is 154 Å². The SMILES string of the molecule is C=CCc1c(OCc2ccccc2I)ccc2c1ccc(=O)n2C. The van der Waals surface area contributed by atoms with E-state index in [1.54, 1.807) is 17.7 Å². The third-order valence-electron chi connectivity index (χ3n) is 4.07. The third-order valence-corrected chi connectivity index (χ3v) is 5.12. The van der Waals surface area contributed by atoms with Crippen LogP contribution in [-0.4, -0.2) is 4.57 Å². The second-order valence-electron chi connectivity index (χ2n) is 5.58. The van der Waals surface area contributed by atoms with Crippen LogP contribution < -0.4 is 10.3 Å². The zero-order chi connectivity index (χ0) is 17.1. The van der Waals surface area contributed by atoms with E-state index in [4.69, 9.17) is 4.74 Å². The van der Waals surface area contributed by atoms with Crippen molar-refractivity contribution in [2.24, 2.45) is 7.05 Å². The average molecular weight is 431 g/mol.